The van der Waals surface area contributed by atoms with E-state index in [0.29, 0.717) is 17.1 Å². The summed E-state index contributed by atoms with van der Waals surface area (Å²) >= 11 is 0. The molecule has 0 amide bonds. The number of aromatic nitrogens is 2. The molecule has 0 aliphatic rings. The molecule has 6 heteroatoms. The van der Waals surface area contributed by atoms with Crippen LogP contribution in [0.1, 0.15) is 21.8 Å². The van der Waals surface area contributed by atoms with Crippen molar-refractivity contribution in [3.63, 3.8) is 0 Å². The van der Waals surface area contributed by atoms with Gasteiger partial charge in [0.2, 0.25) is 5.82 Å². The van der Waals surface area contributed by atoms with Gasteiger partial charge in [0.1, 0.15) is 11.3 Å². The number of rotatable bonds is 5. The van der Waals surface area contributed by atoms with Gasteiger partial charge in [0.15, 0.2) is 6.61 Å². The first-order valence-electron chi connectivity index (χ1n) is 7.38. The lowest BCUT2D eigenvalue weighted by molar-refractivity contribution is 0.0426. The molecular weight excluding hydrogens is 308 g/mol. The Kier molecular flexibility index (Phi) is 4.56. The summed E-state index contributed by atoms with van der Waals surface area (Å²) in [5.41, 5.74) is 2.26. The summed E-state index contributed by atoms with van der Waals surface area (Å²) in [4.78, 5) is 16.4. The van der Waals surface area contributed by atoms with Crippen molar-refractivity contribution >= 4 is 5.97 Å². The Bertz CT molecular complexity index is 857. The fraction of sp³-hybridized carbons (Fsp3) is 0.167. The predicted octanol–water partition coefficient (Wildman–Crippen LogP) is 3.41. The molecule has 3 rings (SSSR count). The van der Waals surface area contributed by atoms with Crippen molar-refractivity contribution in [3.8, 4) is 17.1 Å². The maximum Gasteiger partial charge on any atom is 0.342 e. The molecule has 0 saturated carbocycles. The van der Waals surface area contributed by atoms with E-state index in [0.717, 1.165) is 11.1 Å². The van der Waals surface area contributed by atoms with Crippen molar-refractivity contribution < 1.29 is 18.8 Å². The van der Waals surface area contributed by atoms with E-state index in [2.05, 4.69) is 10.1 Å². The van der Waals surface area contributed by atoms with Crippen LogP contribution in [-0.4, -0.2) is 23.2 Å². The highest BCUT2D eigenvalue weighted by atomic mass is 16.6. The SMILES string of the molecule is COc1ccccc1C(=O)OCc1nc(-c2ccccc2C)no1. The van der Waals surface area contributed by atoms with E-state index >= 15 is 0 Å². The lowest BCUT2D eigenvalue weighted by atomic mass is 10.1. The van der Waals surface area contributed by atoms with Crippen LogP contribution < -0.4 is 4.74 Å². The Morgan fingerprint density at radius 3 is 2.67 bits per heavy atom. The van der Waals surface area contributed by atoms with Gasteiger partial charge in [0, 0.05) is 5.56 Å². The second-order valence-corrected chi connectivity index (χ2v) is 5.10. The van der Waals surface area contributed by atoms with Crippen LogP contribution >= 0.6 is 0 Å². The van der Waals surface area contributed by atoms with Crippen LogP contribution in [0.5, 0.6) is 5.75 Å². The minimum Gasteiger partial charge on any atom is -0.496 e. The zero-order valence-electron chi connectivity index (χ0n) is 13.4. The van der Waals surface area contributed by atoms with E-state index in [1.807, 2.05) is 31.2 Å². The Morgan fingerprint density at radius 2 is 1.88 bits per heavy atom. The monoisotopic (exact) mass is 324 g/mol. The molecule has 0 atom stereocenters. The summed E-state index contributed by atoms with van der Waals surface area (Å²) < 4.78 is 15.5. The molecule has 0 N–H and O–H groups in total. The van der Waals surface area contributed by atoms with Crippen molar-refractivity contribution in [2.24, 2.45) is 0 Å². The minimum absolute atomic E-state index is 0.101. The number of methoxy groups -OCH3 is 1. The lowest BCUT2D eigenvalue weighted by Gasteiger charge is -2.06. The molecule has 0 fully saturated rings. The van der Waals surface area contributed by atoms with Crippen LogP contribution in [0, 0.1) is 6.92 Å². The van der Waals surface area contributed by atoms with Gasteiger partial charge in [0.25, 0.3) is 5.89 Å². The third-order valence-electron chi connectivity index (χ3n) is 3.51. The lowest BCUT2D eigenvalue weighted by Crippen LogP contribution is -2.07. The van der Waals surface area contributed by atoms with Crippen LogP contribution in [0.4, 0.5) is 0 Å². The van der Waals surface area contributed by atoms with E-state index in [9.17, 15) is 4.79 Å². The number of benzene rings is 2. The smallest absolute Gasteiger partial charge is 0.342 e. The average Bonchev–Trinajstić information content (AvgIpc) is 3.08. The first kappa shape index (κ1) is 15.7. The fourth-order valence-corrected chi connectivity index (χ4v) is 2.26. The number of aryl methyl sites for hydroxylation is 1. The Hall–Kier alpha value is -3.15. The number of hydrogen-bond donors (Lipinski definition) is 0. The summed E-state index contributed by atoms with van der Waals surface area (Å²) in [6.45, 7) is 1.86. The average molecular weight is 324 g/mol. The Labute approximate surface area is 139 Å². The van der Waals surface area contributed by atoms with Crippen LogP contribution in [0.15, 0.2) is 53.1 Å². The summed E-state index contributed by atoms with van der Waals surface area (Å²) in [6.07, 6.45) is 0. The Morgan fingerprint density at radius 1 is 1.12 bits per heavy atom. The van der Waals surface area contributed by atoms with Crippen LogP contribution in [0.25, 0.3) is 11.4 Å². The number of esters is 1. The number of hydrogen-bond acceptors (Lipinski definition) is 6. The van der Waals surface area contributed by atoms with Gasteiger partial charge in [0.05, 0.1) is 7.11 Å². The predicted molar refractivity (Wildman–Crippen MR) is 86.6 cm³/mol. The van der Waals surface area contributed by atoms with Crippen molar-refractivity contribution in [2.45, 2.75) is 13.5 Å². The standard InChI is InChI=1S/C18H16N2O4/c1-12-7-3-4-8-13(12)17-19-16(24-20-17)11-23-18(21)14-9-5-6-10-15(14)22-2/h3-10H,11H2,1-2H3. The second-order valence-electron chi connectivity index (χ2n) is 5.10. The summed E-state index contributed by atoms with van der Waals surface area (Å²) in [7, 11) is 1.50. The molecule has 0 bridgehead atoms. The Balaban J connectivity index is 1.70. The van der Waals surface area contributed by atoms with Gasteiger partial charge in [-0.15, -0.1) is 0 Å². The van der Waals surface area contributed by atoms with E-state index in [1.165, 1.54) is 7.11 Å². The number of para-hydroxylation sites is 1. The molecule has 0 aliphatic carbocycles. The van der Waals surface area contributed by atoms with Crippen molar-refractivity contribution in [2.75, 3.05) is 7.11 Å². The highest BCUT2D eigenvalue weighted by Crippen LogP contribution is 2.21. The third-order valence-corrected chi connectivity index (χ3v) is 3.51. The summed E-state index contributed by atoms with van der Waals surface area (Å²) in [5, 5.41) is 3.93. The normalized spacial score (nSPS) is 10.4. The second kappa shape index (κ2) is 6.95. The fourth-order valence-electron chi connectivity index (χ4n) is 2.26. The van der Waals surface area contributed by atoms with E-state index in [1.54, 1.807) is 24.3 Å². The maximum atomic E-state index is 12.1. The van der Waals surface area contributed by atoms with Gasteiger partial charge in [-0.25, -0.2) is 4.79 Å². The number of ether oxygens (including phenoxy) is 2. The van der Waals surface area contributed by atoms with E-state index in [4.69, 9.17) is 14.0 Å². The zero-order valence-corrected chi connectivity index (χ0v) is 13.4. The number of carbonyl (C=O) groups is 1. The van der Waals surface area contributed by atoms with Crippen LogP contribution in [0.2, 0.25) is 0 Å². The molecule has 0 aliphatic heterocycles. The molecule has 0 saturated heterocycles. The highest BCUT2D eigenvalue weighted by Gasteiger charge is 2.16. The highest BCUT2D eigenvalue weighted by molar-refractivity contribution is 5.92. The topological polar surface area (TPSA) is 74.5 Å². The maximum absolute atomic E-state index is 12.1. The first-order valence-corrected chi connectivity index (χ1v) is 7.38. The van der Waals surface area contributed by atoms with Gasteiger partial charge in [-0.2, -0.15) is 4.98 Å². The molecule has 6 nitrogen and oxygen atoms in total. The molecule has 0 radical (unpaired) electrons. The molecule has 1 heterocycles. The van der Waals surface area contributed by atoms with Gasteiger partial charge in [-0.05, 0) is 24.6 Å². The van der Waals surface area contributed by atoms with E-state index < -0.39 is 5.97 Å². The van der Waals surface area contributed by atoms with Crippen LogP contribution in [-0.2, 0) is 11.3 Å². The van der Waals surface area contributed by atoms with E-state index in [-0.39, 0.29) is 12.5 Å². The minimum atomic E-state index is -0.511. The largest absolute Gasteiger partial charge is 0.496 e. The number of nitrogens with zero attached hydrogens (tertiary/aromatic N) is 2. The molecule has 0 unspecified atom stereocenters. The van der Waals surface area contributed by atoms with Crippen molar-refractivity contribution in [1.82, 2.24) is 10.1 Å². The molecular formula is C18H16N2O4. The molecule has 24 heavy (non-hydrogen) atoms. The van der Waals surface area contributed by atoms with Crippen molar-refractivity contribution in [1.29, 1.82) is 0 Å². The van der Waals surface area contributed by atoms with Crippen molar-refractivity contribution in [3.05, 3.63) is 65.5 Å². The first-order chi connectivity index (χ1) is 11.7. The van der Waals surface area contributed by atoms with Gasteiger partial charge in [-0.1, -0.05) is 41.6 Å². The van der Waals surface area contributed by atoms with Crippen LogP contribution in [0.3, 0.4) is 0 Å². The third kappa shape index (κ3) is 3.27. The zero-order chi connectivity index (χ0) is 16.9. The molecule has 0 spiro atoms. The molecule has 2 aromatic carbocycles. The van der Waals surface area contributed by atoms with Gasteiger partial charge < -0.3 is 14.0 Å². The number of carbonyl (C=O) groups excluding carboxylic acids is 1. The molecule has 1 aromatic heterocycles. The summed E-state index contributed by atoms with van der Waals surface area (Å²) in [5.74, 6) is 0.643. The summed E-state index contributed by atoms with van der Waals surface area (Å²) in [6, 6.07) is 14.6. The molecule has 122 valence electrons. The van der Waals surface area contributed by atoms with Gasteiger partial charge in [-0.3, -0.25) is 0 Å². The molecule has 3 aromatic rings. The van der Waals surface area contributed by atoms with Gasteiger partial charge >= 0.3 is 5.97 Å². The quantitative estimate of drug-likeness (QED) is 0.670.